The van der Waals surface area contributed by atoms with Crippen LogP contribution in [0.2, 0.25) is 0 Å². The van der Waals surface area contributed by atoms with Gasteiger partial charge in [0, 0.05) is 60.4 Å². The van der Waals surface area contributed by atoms with Crippen molar-refractivity contribution in [1.29, 1.82) is 0 Å². The predicted octanol–water partition coefficient (Wildman–Crippen LogP) is 8.31. The third-order valence-electron chi connectivity index (χ3n) is 11.4. The van der Waals surface area contributed by atoms with E-state index >= 15 is 0 Å². The number of nitrogens with zero attached hydrogens (tertiary/aromatic N) is 6. The second kappa shape index (κ2) is 13.0. The number of aromatic carboxylic acids is 1. The topological polar surface area (TPSA) is 87.4 Å². The minimum Gasteiger partial charge on any atom is -0.478 e. The van der Waals surface area contributed by atoms with Crippen LogP contribution in [0, 0.1) is 12.8 Å². The highest BCUT2D eigenvalue weighted by atomic mass is 16.4. The lowest BCUT2D eigenvalue weighted by Crippen LogP contribution is -2.37. The molecule has 3 aromatic heterocycles. The molecule has 2 aliphatic heterocycles. The van der Waals surface area contributed by atoms with Crippen molar-refractivity contribution in [3.05, 3.63) is 71.7 Å². The molecule has 2 fully saturated rings. The van der Waals surface area contributed by atoms with Crippen LogP contribution in [-0.4, -0.2) is 68.2 Å². The Bertz CT molecular complexity index is 1990. The van der Waals surface area contributed by atoms with Crippen molar-refractivity contribution in [1.82, 2.24) is 24.4 Å². The molecule has 5 aromatic rings. The number of fused-ring (bicyclic) bond motifs is 7. The number of pyridine rings is 1. The van der Waals surface area contributed by atoms with Crippen LogP contribution in [0.1, 0.15) is 85.8 Å². The summed E-state index contributed by atoms with van der Waals surface area (Å²) in [5.41, 5.74) is 10.1. The van der Waals surface area contributed by atoms with Gasteiger partial charge in [-0.3, -0.25) is 9.97 Å². The zero-order valence-corrected chi connectivity index (χ0v) is 28.3. The Morgan fingerprint density at radius 1 is 0.917 bits per heavy atom. The Hall–Kier alpha value is -4.30. The first-order valence-corrected chi connectivity index (χ1v) is 18.1. The minimum absolute atomic E-state index is 0.353. The number of carboxylic acids is 1. The van der Waals surface area contributed by atoms with E-state index in [1.165, 1.54) is 85.9 Å². The van der Waals surface area contributed by atoms with E-state index in [-0.39, 0.29) is 0 Å². The van der Waals surface area contributed by atoms with E-state index in [1.54, 1.807) is 18.5 Å². The summed E-state index contributed by atoms with van der Waals surface area (Å²) in [7, 11) is 0. The number of anilines is 1. The van der Waals surface area contributed by atoms with Crippen molar-refractivity contribution >= 4 is 33.5 Å². The molecule has 8 rings (SSSR count). The van der Waals surface area contributed by atoms with Crippen LogP contribution in [-0.2, 0) is 6.54 Å². The molecule has 1 saturated carbocycles. The van der Waals surface area contributed by atoms with E-state index in [2.05, 4.69) is 61.6 Å². The minimum atomic E-state index is -0.873. The van der Waals surface area contributed by atoms with Gasteiger partial charge in [-0.05, 0) is 106 Å². The molecule has 1 N–H and O–H groups in total. The molecule has 8 nitrogen and oxygen atoms in total. The molecule has 3 aliphatic rings. The number of aromatic nitrogens is 4. The zero-order chi connectivity index (χ0) is 32.8. The second-order valence-corrected chi connectivity index (χ2v) is 14.2. The van der Waals surface area contributed by atoms with Crippen LogP contribution >= 0.6 is 0 Å². The first kappa shape index (κ1) is 31.0. The Kier molecular flexibility index (Phi) is 8.37. The fourth-order valence-electron chi connectivity index (χ4n) is 8.92. The van der Waals surface area contributed by atoms with Crippen LogP contribution in [0.25, 0.3) is 44.5 Å². The lowest BCUT2D eigenvalue weighted by molar-refractivity contribution is 0.0697. The molecular formula is C40H46N6O2. The summed E-state index contributed by atoms with van der Waals surface area (Å²) in [5, 5.41) is 12.4. The number of carbonyl (C=O) groups is 1. The van der Waals surface area contributed by atoms with Crippen molar-refractivity contribution in [3.63, 3.8) is 0 Å². The SMILES string of the molecule is CCN1CCCC(CCN2CCn3c(c(C4CCCCC4)c4ccc(C(=O)O)cc43)-c3ccc4nc(-c5nccnc5C)ccc4c32)C1. The quantitative estimate of drug-likeness (QED) is 0.191. The van der Waals surface area contributed by atoms with Crippen molar-refractivity contribution in [2.75, 3.05) is 37.6 Å². The van der Waals surface area contributed by atoms with E-state index in [0.717, 1.165) is 66.1 Å². The lowest BCUT2D eigenvalue weighted by atomic mass is 9.81. The van der Waals surface area contributed by atoms with Gasteiger partial charge in [0.25, 0.3) is 0 Å². The molecule has 1 atom stereocenters. The molecule has 0 bridgehead atoms. The summed E-state index contributed by atoms with van der Waals surface area (Å²) in [6.45, 7) is 10.4. The molecule has 0 radical (unpaired) electrons. The monoisotopic (exact) mass is 642 g/mol. The fourth-order valence-corrected chi connectivity index (χ4v) is 8.92. The van der Waals surface area contributed by atoms with E-state index in [9.17, 15) is 9.90 Å². The van der Waals surface area contributed by atoms with Gasteiger partial charge in [0.2, 0.25) is 0 Å². The number of hydrogen-bond acceptors (Lipinski definition) is 6. The Labute approximate surface area is 282 Å². The molecule has 1 aliphatic carbocycles. The van der Waals surface area contributed by atoms with Crippen LogP contribution in [0.15, 0.2) is 54.9 Å². The maximum atomic E-state index is 12.2. The maximum Gasteiger partial charge on any atom is 0.335 e. The van der Waals surface area contributed by atoms with E-state index in [1.807, 2.05) is 13.0 Å². The molecule has 48 heavy (non-hydrogen) atoms. The molecule has 0 spiro atoms. The summed E-state index contributed by atoms with van der Waals surface area (Å²) in [5.74, 6) is 0.285. The van der Waals surface area contributed by atoms with Gasteiger partial charge in [-0.1, -0.05) is 32.3 Å². The highest BCUT2D eigenvalue weighted by Gasteiger charge is 2.32. The normalized spacial score (nSPS) is 19.0. The van der Waals surface area contributed by atoms with E-state index < -0.39 is 5.97 Å². The van der Waals surface area contributed by atoms with Crippen LogP contribution in [0.4, 0.5) is 5.69 Å². The largest absolute Gasteiger partial charge is 0.478 e. The van der Waals surface area contributed by atoms with E-state index in [0.29, 0.717) is 17.4 Å². The average molecular weight is 643 g/mol. The molecule has 1 unspecified atom stereocenters. The first-order valence-electron chi connectivity index (χ1n) is 18.1. The molecule has 5 heterocycles. The standard InChI is InChI=1S/C40H46N6O2/c1-3-44-20-7-8-27(25-44)17-21-45-22-23-46-35-24-29(40(47)48)11-12-31(35)36(28-9-5-4-6-10-28)39(46)32-14-15-33-30(38(32)45)13-16-34(43-33)37-26(2)41-18-19-42-37/h11-16,18-19,24,27-28H,3-10,17,20-23,25H2,1-2H3,(H,47,48). The third kappa shape index (κ3) is 5.54. The third-order valence-corrected chi connectivity index (χ3v) is 11.4. The molecule has 2 aromatic carbocycles. The van der Waals surface area contributed by atoms with Gasteiger partial charge in [-0.15, -0.1) is 0 Å². The Morgan fingerprint density at radius 2 is 1.75 bits per heavy atom. The van der Waals surface area contributed by atoms with Gasteiger partial charge in [-0.2, -0.15) is 0 Å². The van der Waals surface area contributed by atoms with Gasteiger partial charge >= 0.3 is 5.97 Å². The first-order chi connectivity index (χ1) is 23.5. The van der Waals surface area contributed by atoms with Crippen molar-refractivity contribution in [2.24, 2.45) is 5.92 Å². The highest BCUT2D eigenvalue weighted by Crippen LogP contribution is 2.49. The van der Waals surface area contributed by atoms with Crippen LogP contribution in [0.3, 0.4) is 0 Å². The van der Waals surface area contributed by atoms with Gasteiger partial charge in [-0.25, -0.2) is 9.78 Å². The van der Waals surface area contributed by atoms with Crippen LogP contribution in [0.5, 0.6) is 0 Å². The number of carboxylic acid groups (broad SMARTS) is 1. The summed E-state index contributed by atoms with van der Waals surface area (Å²) in [4.78, 5) is 31.7. The average Bonchev–Trinajstić information content (AvgIpc) is 3.35. The predicted molar refractivity (Wildman–Crippen MR) is 193 cm³/mol. The van der Waals surface area contributed by atoms with Crippen molar-refractivity contribution < 1.29 is 9.90 Å². The lowest BCUT2D eigenvalue weighted by Gasteiger charge is -2.34. The molecule has 248 valence electrons. The van der Waals surface area contributed by atoms with Gasteiger partial charge in [0.05, 0.1) is 33.8 Å². The number of hydrogen-bond donors (Lipinski definition) is 1. The number of likely N-dealkylation sites (tertiary alicyclic amines) is 1. The molecule has 0 amide bonds. The summed E-state index contributed by atoms with van der Waals surface area (Å²) in [6.07, 6.45) is 13.3. The van der Waals surface area contributed by atoms with Crippen molar-refractivity contribution in [2.45, 2.75) is 77.7 Å². The van der Waals surface area contributed by atoms with Crippen LogP contribution < -0.4 is 4.90 Å². The number of benzene rings is 2. The Morgan fingerprint density at radius 3 is 2.56 bits per heavy atom. The van der Waals surface area contributed by atoms with Crippen molar-refractivity contribution in [3.8, 4) is 22.6 Å². The molecule has 8 heteroatoms. The smallest absolute Gasteiger partial charge is 0.335 e. The summed E-state index contributed by atoms with van der Waals surface area (Å²) in [6, 6.07) is 14.6. The zero-order valence-electron chi connectivity index (χ0n) is 28.3. The molecular weight excluding hydrogens is 596 g/mol. The highest BCUT2D eigenvalue weighted by molar-refractivity contribution is 6.05. The van der Waals surface area contributed by atoms with E-state index in [4.69, 9.17) is 4.98 Å². The van der Waals surface area contributed by atoms with Gasteiger partial charge in [0.1, 0.15) is 5.69 Å². The van der Waals surface area contributed by atoms with Gasteiger partial charge < -0.3 is 19.5 Å². The van der Waals surface area contributed by atoms with Gasteiger partial charge in [0.15, 0.2) is 0 Å². The summed E-state index contributed by atoms with van der Waals surface area (Å²) >= 11 is 0. The fraction of sp³-hybridized carbons (Fsp3) is 0.450. The summed E-state index contributed by atoms with van der Waals surface area (Å²) < 4.78 is 2.46. The number of rotatable bonds is 7. The number of piperidine rings is 1. The molecule has 1 saturated heterocycles. The number of aryl methyl sites for hydroxylation is 1. The second-order valence-electron chi connectivity index (χ2n) is 14.2. The Balaban J connectivity index is 1.31. The maximum absolute atomic E-state index is 12.2.